The quantitative estimate of drug-likeness (QED) is 0.806. The van der Waals surface area contributed by atoms with Gasteiger partial charge in [-0.1, -0.05) is 18.2 Å². The number of phenols is 1. The van der Waals surface area contributed by atoms with Gasteiger partial charge in [-0.3, -0.25) is 9.59 Å². The number of hydrogen-bond donors (Lipinski definition) is 1. The summed E-state index contributed by atoms with van der Waals surface area (Å²) in [5.41, 5.74) is 0.433. The van der Waals surface area contributed by atoms with Crippen molar-refractivity contribution in [1.82, 2.24) is 14.7 Å². The summed E-state index contributed by atoms with van der Waals surface area (Å²) in [4.78, 5) is 32.1. The molecule has 1 aliphatic carbocycles. The maximum absolute atomic E-state index is 13.0. The fraction of sp³-hybridized carbons (Fsp3) is 0.545. The van der Waals surface area contributed by atoms with E-state index >= 15 is 0 Å². The predicted molar refractivity (Wildman–Crippen MR) is 107 cm³/mol. The van der Waals surface area contributed by atoms with Crippen molar-refractivity contribution in [3.63, 3.8) is 0 Å². The van der Waals surface area contributed by atoms with Crippen molar-refractivity contribution in [3.05, 3.63) is 42.0 Å². The molecule has 4 rings (SSSR count). The van der Waals surface area contributed by atoms with Crippen molar-refractivity contribution < 1.29 is 14.7 Å². The molecule has 0 radical (unpaired) electrons. The highest BCUT2D eigenvalue weighted by Gasteiger charge is 2.55. The molecule has 0 aromatic heterocycles. The van der Waals surface area contributed by atoms with Gasteiger partial charge in [-0.2, -0.15) is 0 Å². The lowest BCUT2D eigenvalue weighted by molar-refractivity contribution is -0.134. The summed E-state index contributed by atoms with van der Waals surface area (Å²) in [6.45, 7) is 3.61. The molecule has 150 valence electrons. The van der Waals surface area contributed by atoms with E-state index in [1.807, 2.05) is 9.80 Å². The number of phenolic OH excluding ortho intramolecular Hbond substituents is 1. The maximum atomic E-state index is 13.0. The first-order valence-corrected chi connectivity index (χ1v) is 10.0. The molecule has 28 heavy (non-hydrogen) atoms. The molecule has 2 amide bonds. The van der Waals surface area contributed by atoms with Gasteiger partial charge in [-0.15, -0.1) is 0 Å². The normalized spacial score (nSPS) is 27.0. The van der Waals surface area contributed by atoms with Crippen LogP contribution in [-0.4, -0.2) is 78.4 Å². The standard InChI is InChI=1S/C22H29N3O3/c1-23(2)13-22-14-24(20(27)16-6-3-4-7-16)11-18(22)12-25(15-22)21(28)17-8-5-9-19(26)10-17/h3-5,8-10,16,18,26H,6-7,11-15H2,1-2H3. The number of likely N-dealkylation sites (tertiary alicyclic amines) is 2. The summed E-state index contributed by atoms with van der Waals surface area (Å²) >= 11 is 0. The van der Waals surface area contributed by atoms with Gasteiger partial charge in [0.1, 0.15) is 5.75 Å². The predicted octanol–water partition coefficient (Wildman–Crippen LogP) is 1.82. The van der Waals surface area contributed by atoms with Crippen molar-refractivity contribution in [2.75, 3.05) is 46.8 Å². The Bertz CT molecular complexity index is 798. The zero-order chi connectivity index (χ0) is 19.9. The Morgan fingerprint density at radius 2 is 1.82 bits per heavy atom. The van der Waals surface area contributed by atoms with Crippen LogP contribution in [0.25, 0.3) is 0 Å². The van der Waals surface area contributed by atoms with Crippen LogP contribution in [0.1, 0.15) is 23.2 Å². The van der Waals surface area contributed by atoms with Gasteiger partial charge >= 0.3 is 0 Å². The summed E-state index contributed by atoms with van der Waals surface area (Å²) in [6, 6.07) is 6.55. The lowest BCUT2D eigenvalue weighted by Gasteiger charge is -2.32. The lowest BCUT2D eigenvalue weighted by Crippen LogP contribution is -2.44. The Balaban J connectivity index is 1.51. The van der Waals surface area contributed by atoms with Gasteiger partial charge in [-0.25, -0.2) is 0 Å². The molecule has 0 bridgehead atoms. The highest BCUT2D eigenvalue weighted by molar-refractivity contribution is 5.95. The van der Waals surface area contributed by atoms with E-state index in [4.69, 9.17) is 0 Å². The molecule has 2 fully saturated rings. The molecule has 1 aromatic rings. The van der Waals surface area contributed by atoms with Gasteiger partial charge in [0.2, 0.25) is 5.91 Å². The third-order valence-electron chi connectivity index (χ3n) is 6.44. The van der Waals surface area contributed by atoms with Crippen LogP contribution in [0.4, 0.5) is 0 Å². The smallest absolute Gasteiger partial charge is 0.254 e. The summed E-state index contributed by atoms with van der Waals surface area (Å²) < 4.78 is 0. The number of carbonyl (C=O) groups is 2. The molecule has 2 aliphatic heterocycles. The Morgan fingerprint density at radius 3 is 2.50 bits per heavy atom. The number of carbonyl (C=O) groups excluding carboxylic acids is 2. The molecule has 2 unspecified atom stereocenters. The fourth-order valence-corrected chi connectivity index (χ4v) is 5.25. The third-order valence-corrected chi connectivity index (χ3v) is 6.44. The first-order valence-electron chi connectivity index (χ1n) is 10.0. The van der Waals surface area contributed by atoms with E-state index in [1.165, 1.54) is 6.07 Å². The second-order valence-corrected chi connectivity index (χ2v) is 8.89. The minimum atomic E-state index is -0.0856. The third kappa shape index (κ3) is 3.41. The van der Waals surface area contributed by atoms with Crippen molar-refractivity contribution in [3.8, 4) is 5.75 Å². The van der Waals surface area contributed by atoms with E-state index in [2.05, 4.69) is 31.1 Å². The van der Waals surface area contributed by atoms with Crippen LogP contribution < -0.4 is 0 Å². The Labute approximate surface area is 166 Å². The second-order valence-electron chi connectivity index (χ2n) is 8.89. The monoisotopic (exact) mass is 383 g/mol. The summed E-state index contributed by atoms with van der Waals surface area (Å²) in [6.07, 6.45) is 5.90. The average molecular weight is 383 g/mol. The SMILES string of the molecule is CN(C)CC12CN(C(=O)c3cccc(O)c3)CC1CN(C(=O)C1CC=CC1)C2. The molecule has 1 N–H and O–H groups in total. The van der Waals surface area contributed by atoms with Gasteiger partial charge in [0.05, 0.1) is 0 Å². The second kappa shape index (κ2) is 7.24. The van der Waals surface area contributed by atoms with Gasteiger partial charge in [0.25, 0.3) is 5.91 Å². The van der Waals surface area contributed by atoms with Crippen LogP contribution in [0.15, 0.2) is 36.4 Å². The van der Waals surface area contributed by atoms with Crippen molar-refractivity contribution in [2.45, 2.75) is 12.8 Å². The van der Waals surface area contributed by atoms with Crippen LogP contribution in [0.5, 0.6) is 5.75 Å². The van der Waals surface area contributed by atoms with Gasteiger partial charge in [0, 0.05) is 55.5 Å². The van der Waals surface area contributed by atoms with E-state index in [0.29, 0.717) is 18.7 Å². The molecular weight excluding hydrogens is 354 g/mol. The molecule has 2 atom stereocenters. The molecule has 2 saturated heterocycles. The van der Waals surface area contributed by atoms with Crippen LogP contribution in [-0.2, 0) is 4.79 Å². The van der Waals surface area contributed by atoms with Crippen molar-refractivity contribution in [1.29, 1.82) is 0 Å². The Morgan fingerprint density at radius 1 is 1.14 bits per heavy atom. The van der Waals surface area contributed by atoms with Crippen molar-refractivity contribution >= 4 is 11.8 Å². The Hall–Kier alpha value is -2.34. The highest BCUT2D eigenvalue weighted by Crippen LogP contribution is 2.44. The van der Waals surface area contributed by atoms with Crippen molar-refractivity contribution in [2.24, 2.45) is 17.3 Å². The van der Waals surface area contributed by atoms with Gasteiger partial charge < -0.3 is 19.8 Å². The first kappa shape index (κ1) is 19.0. The fourth-order valence-electron chi connectivity index (χ4n) is 5.25. The zero-order valence-corrected chi connectivity index (χ0v) is 16.7. The van der Waals surface area contributed by atoms with E-state index in [0.717, 1.165) is 32.5 Å². The first-order chi connectivity index (χ1) is 13.4. The number of amides is 2. The summed E-state index contributed by atoms with van der Waals surface area (Å²) in [5.74, 6) is 0.717. The van der Waals surface area contributed by atoms with Crippen LogP contribution in [0.2, 0.25) is 0 Å². The average Bonchev–Trinajstić information content (AvgIpc) is 3.34. The van der Waals surface area contributed by atoms with E-state index in [9.17, 15) is 14.7 Å². The maximum Gasteiger partial charge on any atom is 0.254 e. The number of rotatable bonds is 4. The number of nitrogens with zero attached hydrogens (tertiary/aromatic N) is 3. The van der Waals surface area contributed by atoms with E-state index in [1.54, 1.807) is 18.2 Å². The van der Waals surface area contributed by atoms with Crippen LogP contribution in [0.3, 0.4) is 0 Å². The summed E-state index contributed by atoms with van der Waals surface area (Å²) in [5, 5.41) is 9.71. The van der Waals surface area contributed by atoms with E-state index in [-0.39, 0.29) is 34.8 Å². The topological polar surface area (TPSA) is 64.1 Å². The van der Waals surface area contributed by atoms with E-state index < -0.39 is 0 Å². The zero-order valence-electron chi connectivity index (χ0n) is 16.7. The minimum absolute atomic E-state index is 0.0405. The van der Waals surface area contributed by atoms with Gasteiger partial charge in [-0.05, 0) is 45.1 Å². The number of fused-ring (bicyclic) bond motifs is 1. The number of benzene rings is 1. The number of aromatic hydroxyl groups is 1. The Kier molecular flexibility index (Phi) is 4.91. The molecule has 3 aliphatic rings. The largest absolute Gasteiger partial charge is 0.508 e. The molecular formula is C22H29N3O3. The number of allylic oxidation sites excluding steroid dienone is 2. The molecule has 6 heteroatoms. The molecule has 1 aromatic carbocycles. The minimum Gasteiger partial charge on any atom is -0.508 e. The summed E-state index contributed by atoms with van der Waals surface area (Å²) in [7, 11) is 4.10. The lowest BCUT2D eigenvalue weighted by atomic mass is 9.80. The molecule has 0 spiro atoms. The molecule has 2 heterocycles. The van der Waals surface area contributed by atoms with Gasteiger partial charge in [0.15, 0.2) is 0 Å². The van der Waals surface area contributed by atoms with Crippen LogP contribution >= 0.6 is 0 Å². The molecule has 0 saturated carbocycles. The highest BCUT2D eigenvalue weighted by atomic mass is 16.3. The van der Waals surface area contributed by atoms with Crippen LogP contribution in [0, 0.1) is 17.3 Å². The number of hydrogen-bond acceptors (Lipinski definition) is 4. The molecule has 6 nitrogen and oxygen atoms in total.